The van der Waals surface area contributed by atoms with Crippen molar-refractivity contribution in [2.75, 3.05) is 11.1 Å². The highest BCUT2D eigenvalue weighted by Gasteiger charge is 2.31. The number of amides is 1. The lowest BCUT2D eigenvalue weighted by atomic mass is 10.0. The van der Waals surface area contributed by atoms with E-state index in [0.29, 0.717) is 11.4 Å². The average Bonchev–Trinajstić information content (AvgIpc) is 3.11. The monoisotopic (exact) mass is 470 g/mol. The number of carbonyl (C=O) groups is 1. The number of fused-ring (bicyclic) bond motifs is 1. The number of halogens is 3. The van der Waals surface area contributed by atoms with E-state index in [2.05, 4.69) is 25.1 Å². The van der Waals surface area contributed by atoms with Gasteiger partial charge in [-0.25, -0.2) is 9.97 Å². The number of benzene rings is 2. The molecule has 11 heteroatoms. The summed E-state index contributed by atoms with van der Waals surface area (Å²) in [6, 6.07) is 10.9. The number of hydrogen-bond donors (Lipinski definition) is 2. The highest BCUT2D eigenvalue weighted by Crippen LogP contribution is 2.29. The number of nitrogens with zero attached hydrogens (tertiary/aromatic N) is 4. The van der Waals surface area contributed by atoms with E-state index in [0.717, 1.165) is 34.1 Å². The van der Waals surface area contributed by atoms with E-state index in [4.69, 9.17) is 5.73 Å². The number of nitrogens with two attached hydrogens (primary N) is 1. The molecule has 2 aromatic carbocycles. The zero-order chi connectivity index (χ0) is 24.5. The Morgan fingerprint density at radius 2 is 2.00 bits per heavy atom. The average molecular weight is 470 g/mol. The van der Waals surface area contributed by atoms with Crippen LogP contribution < -0.4 is 15.8 Å². The van der Waals surface area contributed by atoms with Crippen LogP contribution in [0.1, 0.15) is 18.1 Å². The summed E-state index contributed by atoms with van der Waals surface area (Å²) >= 11 is 0. The molecular formula is C23H21F3N6O2. The van der Waals surface area contributed by atoms with E-state index in [1.54, 1.807) is 30.1 Å². The van der Waals surface area contributed by atoms with Crippen molar-refractivity contribution in [3.63, 3.8) is 0 Å². The van der Waals surface area contributed by atoms with Gasteiger partial charge in [-0.2, -0.15) is 5.10 Å². The Hall–Kier alpha value is -4.15. The number of hydrogen-bond acceptors (Lipinski definition) is 6. The fourth-order valence-corrected chi connectivity index (χ4v) is 3.67. The summed E-state index contributed by atoms with van der Waals surface area (Å²) < 4.78 is 42.8. The SMILES string of the molecule is CCc1cc(-c2cc(NC(=O)Cc3cccc(OC(F)(F)F)c3)nn2C)cc2cnc(N)nc12. The van der Waals surface area contributed by atoms with Crippen molar-refractivity contribution in [3.8, 4) is 17.0 Å². The lowest BCUT2D eigenvalue weighted by Gasteiger charge is -2.09. The van der Waals surface area contributed by atoms with Crippen LogP contribution in [-0.4, -0.2) is 32.0 Å². The number of nitrogen functional groups attached to an aromatic ring is 1. The summed E-state index contributed by atoms with van der Waals surface area (Å²) in [5.41, 5.74) is 9.50. The van der Waals surface area contributed by atoms with Crippen molar-refractivity contribution in [2.45, 2.75) is 26.1 Å². The number of alkyl halides is 3. The van der Waals surface area contributed by atoms with Crippen molar-refractivity contribution in [3.05, 3.63) is 59.8 Å². The van der Waals surface area contributed by atoms with Crippen molar-refractivity contribution >= 4 is 28.6 Å². The topological polar surface area (TPSA) is 108 Å². The van der Waals surface area contributed by atoms with Gasteiger partial charge in [-0.05, 0) is 41.8 Å². The van der Waals surface area contributed by atoms with Gasteiger partial charge in [-0.1, -0.05) is 19.1 Å². The van der Waals surface area contributed by atoms with E-state index in [-0.39, 0.29) is 18.1 Å². The standard InChI is InChI=1S/C23H21F3N6O2/c1-3-14-9-15(10-16-12-28-22(27)30-21(14)16)18-11-19(31-32(18)2)29-20(33)8-13-5-4-6-17(7-13)34-23(24,25)26/h4-7,9-12H,3,8H2,1-2H3,(H2,27,28,30)(H,29,31,33). The molecule has 1 amide bonds. The molecule has 0 bridgehead atoms. The highest BCUT2D eigenvalue weighted by atomic mass is 19.4. The molecule has 176 valence electrons. The molecule has 34 heavy (non-hydrogen) atoms. The van der Waals surface area contributed by atoms with Crippen LogP contribution in [0.25, 0.3) is 22.2 Å². The fourth-order valence-electron chi connectivity index (χ4n) is 3.67. The maximum absolute atomic E-state index is 12.5. The fraction of sp³-hybridized carbons (Fsp3) is 0.217. The number of nitrogens with one attached hydrogen (secondary N) is 1. The zero-order valence-electron chi connectivity index (χ0n) is 18.3. The molecule has 0 atom stereocenters. The van der Waals surface area contributed by atoms with Crippen molar-refractivity contribution < 1.29 is 22.7 Å². The van der Waals surface area contributed by atoms with E-state index >= 15 is 0 Å². The number of aryl methyl sites for hydroxylation is 2. The van der Waals surface area contributed by atoms with E-state index < -0.39 is 12.3 Å². The van der Waals surface area contributed by atoms with Crippen LogP contribution in [0.15, 0.2) is 48.7 Å². The first-order valence-electron chi connectivity index (χ1n) is 10.4. The predicted molar refractivity (Wildman–Crippen MR) is 121 cm³/mol. The van der Waals surface area contributed by atoms with Crippen molar-refractivity contribution in [1.82, 2.24) is 19.7 Å². The Morgan fingerprint density at radius 1 is 1.21 bits per heavy atom. The Balaban J connectivity index is 1.53. The molecule has 2 heterocycles. The second-order valence-corrected chi connectivity index (χ2v) is 7.61. The van der Waals surface area contributed by atoms with Gasteiger partial charge in [0.25, 0.3) is 0 Å². The van der Waals surface area contributed by atoms with Crippen molar-refractivity contribution in [2.24, 2.45) is 7.05 Å². The maximum atomic E-state index is 12.5. The van der Waals surface area contributed by atoms with Crippen LogP contribution in [0.5, 0.6) is 5.75 Å². The minimum atomic E-state index is -4.80. The van der Waals surface area contributed by atoms with Gasteiger partial charge in [0.1, 0.15) is 5.75 Å². The maximum Gasteiger partial charge on any atom is 0.573 e. The summed E-state index contributed by atoms with van der Waals surface area (Å²) in [6.45, 7) is 2.01. The van der Waals surface area contributed by atoms with Crippen LogP contribution in [0.3, 0.4) is 0 Å². The van der Waals surface area contributed by atoms with Gasteiger partial charge in [0.15, 0.2) is 5.82 Å². The van der Waals surface area contributed by atoms with Crippen LogP contribution in [0, 0.1) is 0 Å². The molecule has 0 saturated carbocycles. The molecule has 0 fully saturated rings. The number of carbonyl (C=O) groups excluding carboxylic acids is 1. The van der Waals surface area contributed by atoms with E-state index in [1.807, 2.05) is 19.1 Å². The quantitative estimate of drug-likeness (QED) is 0.436. The first-order valence-corrected chi connectivity index (χ1v) is 10.4. The summed E-state index contributed by atoms with van der Waals surface area (Å²) in [7, 11) is 1.75. The molecule has 4 rings (SSSR count). The van der Waals surface area contributed by atoms with Gasteiger partial charge in [0.2, 0.25) is 11.9 Å². The molecule has 0 aliphatic carbocycles. The normalized spacial score (nSPS) is 11.6. The lowest BCUT2D eigenvalue weighted by Crippen LogP contribution is -2.18. The molecule has 0 aliphatic heterocycles. The van der Waals surface area contributed by atoms with Crippen molar-refractivity contribution in [1.29, 1.82) is 0 Å². The number of aromatic nitrogens is 4. The molecular weight excluding hydrogens is 449 g/mol. The molecule has 0 saturated heterocycles. The summed E-state index contributed by atoms with van der Waals surface area (Å²) in [6.07, 6.45) is -2.55. The molecule has 0 aliphatic rings. The molecule has 0 spiro atoms. The molecule has 4 aromatic rings. The van der Waals surface area contributed by atoms with Crippen LogP contribution in [0.4, 0.5) is 24.9 Å². The first kappa shape index (κ1) is 23.0. The highest BCUT2D eigenvalue weighted by molar-refractivity contribution is 5.92. The Morgan fingerprint density at radius 3 is 2.74 bits per heavy atom. The number of rotatable bonds is 6. The Bertz CT molecular complexity index is 1370. The number of ether oxygens (including phenoxy) is 1. The molecule has 3 N–H and O–H groups in total. The third-order valence-electron chi connectivity index (χ3n) is 5.10. The minimum absolute atomic E-state index is 0.143. The van der Waals surface area contributed by atoms with Gasteiger partial charge in [0, 0.05) is 30.3 Å². The van der Waals surface area contributed by atoms with Gasteiger partial charge in [-0.3, -0.25) is 9.48 Å². The third-order valence-corrected chi connectivity index (χ3v) is 5.10. The summed E-state index contributed by atoms with van der Waals surface area (Å²) in [5, 5.41) is 7.86. The smallest absolute Gasteiger partial charge is 0.406 e. The summed E-state index contributed by atoms with van der Waals surface area (Å²) in [4.78, 5) is 20.9. The van der Waals surface area contributed by atoms with Crippen LogP contribution in [0.2, 0.25) is 0 Å². The molecule has 2 aromatic heterocycles. The van der Waals surface area contributed by atoms with E-state index in [9.17, 15) is 18.0 Å². The second kappa shape index (κ2) is 9.00. The summed E-state index contributed by atoms with van der Waals surface area (Å²) in [5.74, 6) is -0.287. The van der Waals surface area contributed by atoms with E-state index in [1.165, 1.54) is 18.2 Å². The van der Waals surface area contributed by atoms with Gasteiger partial charge >= 0.3 is 6.36 Å². The molecule has 0 radical (unpaired) electrons. The van der Waals surface area contributed by atoms with Crippen LogP contribution >= 0.6 is 0 Å². The van der Waals surface area contributed by atoms with Gasteiger partial charge in [-0.15, -0.1) is 13.2 Å². The Kier molecular flexibility index (Phi) is 6.10. The lowest BCUT2D eigenvalue weighted by molar-refractivity contribution is -0.274. The minimum Gasteiger partial charge on any atom is -0.406 e. The third kappa shape index (κ3) is 5.25. The predicted octanol–water partition coefficient (Wildman–Crippen LogP) is 4.25. The second-order valence-electron chi connectivity index (χ2n) is 7.61. The van der Waals surface area contributed by atoms with Gasteiger partial charge < -0.3 is 15.8 Å². The zero-order valence-corrected chi connectivity index (χ0v) is 18.3. The molecule has 0 unspecified atom stereocenters. The largest absolute Gasteiger partial charge is 0.573 e. The van der Waals surface area contributed by atoms with Gasteiger partial charge in [0.05, 0.1) is 17.6 Å². The Labute approximate surface area is 192 Å². The van der Waals surface area contributed by atoms with Crippen LogP contribution in [-0.2, 0) is 24.7 Å². The first-order chi connectivity index (χ1) is 16.1. The number of anilines is 2. The molecule has 8 nitrogen and oxygen atoms in total.